The quantitative estimate of drug-likeness (QED) is 0.603. The van der Waals surface area contributed by atoms with Crippen molar-refractivity contribution in [3.8, 4) is 0 Å². The molecular weight excluding hydrogens is 384 g/mol. The van der Waals surface area contributed by atoms with Crippen LogP contribution in [-0.2, 0) is 4.79 Å². The fraction of sp³-hybridized carbons (Fsp3) is 0.318. The van der Waals surface area contributed by atoms with Gasteiger partial charge in [0.05, 0.1) is 29.2 Å². The maximum absolute atomic E-state index is 12.8. The highest BCUT2D eigenvalue weighted by atomic mass is 32.1. The molecular formula is C22H25N4O2S+. The number of primary amides is 1. The topological polar surface area (TPSA) is 89.5 Å². The first-order chi connectivity index (χ1) is 14.0. The normalized spacial score (nSPS) is 20.3. The maximum Gasteiger partial charge on any atom is 0.282 e. The van der Waals surface area contributed by atoms with Crippen LogP contribution in [0.25, 0.3) is 10.2 Å². The Kier molecular flexibility index (Phi) is 5.60. The van der Waals surface area contributed by atoms with Crippen LogP contribution in [-0.4, -0.2) is 35.9 Å². The summed E-state index contributed by atoms with van der Waals surface area (Å²) >= 11 is 1.77. The van der Waals surface area contributed by atoms with Crippen LogP contribution in [0.3, 0.4) is 0 Å². The lowest BCUT2D eigenvalue weighted by atomic mass is 9.97. The van der Waals surface area contributed by atoms with Crippen LogP contribution in [0.2, 0.25) is 0 Å². The van der Waals surface area contributed by atoms with Gasteiger partial charge in [-0.05, 0) is 56.2 Å². The van der Waals surface area contributed by atoms with Crippen LogP contribution < -0.4 is 16.0 Å². The van der Waals surface area contributed by atoms with E-state index in [2.05, 4.69) is 17.4 Å². The number of nitrogens with zero attached hydrogens (tertiary/aromatic N) is 1. The average Bonchev–Trinajstić information content (AvgIpc) is 3.18. The summed E-state index contributed by atoms with van der Waals surface area (Å²) in [5.41, 5.74) is 7.42. The molecule has 150 valence electrons. The minimum absolute atomic E-state index is 0.0169. The Bertz CT molecular complexity index is 998. The molecule has 1 aromatic heterocycles. The van der Waals surface area contributed by atoms with Gasteiger partial charge in [-0.3, -0.25) is 9.59 Å². The molecule has 3 aromatic rings. The molecule has 7 heteroatoms. The number of nitrogens with two attached hydrogens (primary N) is 1. The lowest BCUT2D eigenvalue weighted by Gasteiger charge is -2.32. The molecule has 6 nitrogen and oxygen atoms in total. The molecule has 1 fully saturated rings. The van der Waals surface area contributed by atoms with Gasteiger partial charge in [-0.2, -0.15) is 0 Å². The number of benzene rings is 2. The van der Waals surface area contributed by atoms with E-state index in [1.54, 1.807) is 35.6 Å². The number of hydrogen-bond acceptors (Lipinski definition) is 4. The number of anilines is 1. The van der Waals surface area contributed by atoms with Crippen molar-refractivity contribution in [1.29, 1.82) is 0 Å². The number of para-hydroxylation sites is 1. The second-order valence-electron chi connectivity index (χ2n) is 7.62. The summed E-state index contributed by atoms with van der Waals surface area (Å²) in [6.45, 7) is 3.87. The predicted octanol–water partition coefficient (Wildman–Crippen LogP) is 2.18. The number of nitrogens with one attached hydrogen (secondary N) is 2. The van der Waals surface area contributed by atoms with Gasteiger partial charge >= 0.3 is 0 Å². The number of carbonyl (C=O) groups excluding carboxylic acids is 2. The van der Waals surface area contributed by atoms with E-state index >= 15 is 0 Å². The summed E-state index contributed by atoms with van der Waals surface area (Å²) in [7, 11) is 0. The third-order valence-corrected chi connectivity index (χ3v) is 6.86. The number of fused-ring (bicyclic) bond motifs is 1. The van der Waals surface area contributed by atoms with Crippen molar-refractivity contribution in [3.63, 3.8) is 0 Å². The molecule has 0 spiro atoms. The molecule has 4 N–H and O–H groups in total. The van der Waals surface area contributed by atoms with Crippen molar-refractivity contribution in [2.24, 2.45) is 5.73 Å². The minimum Gasteiger partial charge on any atom is -0.366 e. The first-order valence-electron chi connectivity index (χ1n) is 9.92. The van der Waals surface area contributed by atoms with Crippen LogP contribution >= 0.6 is 11.3 Å². The predicted molar refractivity (Wildman–Crippen MR) is 115 cm³/mol. The van der Waals surface area contributed by atoms with Crippen molar-refractivity contribution in [2.75, 3.05) is 18.4 Å². The van der Waals surface area contributed by atoms with Gasteiger partial charge in [0, 0.05) is 11.3 Å². The molecule has 0 saturated carbocycles. The second kappa shape index (κ2) is 8.31. The van der Waals surface area contributed by atoms with E-state index in [1.807, 2.05) is 19.1 Å². The summed E-state index contributed by atoms with van der Waals surface area (Å²) in [5.74, 6) is -0.104. The molecule has 2 amide bonds. The van der Waals surface area contributed by atoms with Gasteiger partial charge < -0.3 is 16.0 Å². The molecule has 1 aliphatic heterocycles. The average molecular weight is 410 g/mol. The van der Waals surface area contributed by atoms with Crippen molar-refractivity contribution in [3.05, 3.63) is 59.1 Å². The summed E-state index contributed by atoms with van der Waals surface area (Å²) in [6.07, 6.45) is 2.20. The molecule has 29 heavy (non-hydrogen) atoms. The lowest BCUT2D eigenvalue weighted by molar-refractivity contribution is -0.920. The van der Waals surface area contributed by atoms with Gasteiger partial charge in [0.15, 0.2) is 6.04 Å². The Balaban J connectivity index is 1.41. The zero-order valence-corrected chi connectivity index (χ0v) is 17.2. The number of thiazole rings is 1. The standard InChI is InChI=1S/C22H24N4O2S/c1-14(21(28)24-17-10-8-15(9-11-17)20(23)27)26-12-4-5-16(13-26)22-25-18-6-2-3-7-19(18)29-22/h2-3,6-11,14,16H,4-5,12-13H2,1H3,(H2,23,27)(H,24,28)/p+1/t14-,16-/m0/s1. The van der Waals surface area contributed by atoms with Crippen LogP contribution in [0.4, 0.5) is 5.69 Å². The SMILES string of the molecule is C[C@@H](C(=O)Nc1ccc(C(N)=O)cc1)[NH+]1CCC[C@H](c2nc3ccccc3s2)C1. The monoisotopic (exact) mass is 409 g/mol. The molecule has 2 heterocycles. The van der Waals surface area contributed by atoms with Crippen LogP contribution in [0.5, 0.6) is 0 Å². The Morgan fingerprint density at radius 3 is 2.69 bits per heavy atom. The van der Waals surface area contributed by atoms with Crippen LogP contribution in [0.15, 0.2) is 48.5 Å². The van der Waals surface area contributed by atoms with Gasteiger partial charge in [0.2, 0.25) is 5.91 Å². The van der Waals surface area contributed by atoms with E-state index in [9.17, 15) is 9.59 Å². The number of amides is 2. The molecule has 2 aromatic carbocycles. The molecule has 0 radical (unpaired) electrons. The minimum atomic E-state index is -0.477. The zero-order chi connectivity index (χ0) is 20.4. The maximum atomic E-state index is 12.8. The number of quaternary nitrogens is 1. The third kappa shape index (κ3) is 4.31. The fourth-order valence-corrected chi connectivity index (χ4v) is 5.02. The molecule has 0 bridgehead atoms. The Morgan fingerprint density at radius 1 is 1.21 bits per heavy atom. The van der Waals surface area contributed by atoms with E-state index in [1.165, 1.54) is 14.6 Å². The van der Waals surface area contributed by atoms with Crippen molar-refractivity contribution in [2.45, 2.75) is 31.7 Å². The number of carbonyl (C=O) groups is 2. The van der Waals surface area contributed by atoms with Crippen molar-refractivity contribution in [1.82, 2.24) is 4.98 Å². The third-order valence-electron chi connectivity index (χ3n) is 5.66. The number of aromatic nitrogens is 1. The van der Waals surface area contributed by atoms with E-state index in [0.29, 0.717) is 17.2 Å². The van der Waals surface area contributed by atoms with E-state index in [0.717, 1.165) is 31.4 Å². The van der Waals surface area contributed by atoms with Crippen molar-refractivity contribution < 1.29 is 14.5 Å². The largest absolute Gasteiger partial charge is 0.366 e. The number of rotatable bonds is 5. The van der Waals surface area contributed by atoms with Crippen LogP contribution in [0, 0.1) is 0 Å². The fourth-order valence-electron chi connectivity index (χ4n) is 3.92. The smallest absolute Gasteiger partial charge is 0.282 e. The first kappa shape index (κ1) is 19.5. The summed E-state index contributed by atoms with van der Waals surface area (Å²) in [5, 5.41) is 4.14. The second-order valence-corrected chi connectivity index (χ2v) is 8.69. The van der Waals surface area contributed by atoms with Gasteiger partial charge in [0.1, 0.15) is 5.01 Å². The van der Waals surface area contributed by atoms with E-state index in [4.69, 9.17) is 10.7 Å². The molecule has 0 aliphatic carbocycles. The first-order valence-corrected chi connectivity index (χ1v) is 10.7. The highest BCUT2D eigenvalue weighted by Gasteiger charge is 2.33. The van der Waals surface area contributed by atoms with Gasteiger partial charge in [0.25, 0.3) is 5.91 Å². The zero-order valence-electron chi connectivity index (χ0n) is 16.4. The van der Waals surface area contributed by atoms with Crippen molar-refractivity contribution >= 4 is 39.1 Å². The number of likely N-dealkylation sites (tertiary alicyclic amines) is 1. The Hall–Kier alpha value is -2.77. The van der Waals surface area contributed by atoms with Gasteiger partial charge in [-0.25, -0.2) is 4.98 Å². The lowest BCUT2D eigenvalue weighted by Crippen LogP contribution is -3.17. The molecule has 1 saturated heterocycles. The number of hydrogen-bond donors (Lipinski definition) is 3. The molecule has 1 unspecified atom stereocenters. The Labute approximate surface area is 173 Å². The number of piperidine rings is 1. The van der Waals surface area contributed by atoms with Crippen LogP contribution in [0.1, 0.15) is 41.0 Å². The van der Waals surface area contributed by atoms with E-state index in [-0.39, 0.29) is 11.9 Å². The van der Waals surface area contributed by atoms with Gasteiger partial charge in [-0.1, -0.05) is 12.1 Å². The summed E-state index contributed by atoms with van der Waals surface area (Å²) in [6, 6.07) is 14.7. The molecule has 1 aliphatic rings. The van der Waals surface area contributed by atoms with Gasteiger partial charge in [-0.15, -0.1) is 11.3 Å². The Morgan fingerprint density at radius 2 is 1.97 bits per heavy atom. The molecule has 3 atom stereocenters. The summed E-state index contributed by atoms with van der Waals surface area (Å²) in [4.78, 5) is 30.1. The van der Waals surface area contributed by atoms with E-state index < -0.39 is 5.91 Å². The highest BCUT2D eigenvalue weighted by molar-refractivity contribution is 7.18. The highest BCUT2D eigenvalue weighted by Crippen LogP contribution is 2.30. The molecule has 4 rings (SSSR count). The summed E-state index contributed by atoms with van der Waals surface area (Å²) < 4.78 is 1.22.